The monoisotopic (exact) mass is 274 g/mol. The van der Waals surface area contributed by atoms with E-state index < -0.39 is 0 Å². The summed E-state index contributed by atoms with van der Waals surface area (Å²) in [5.74, 6) is 0.677. The van der Waals surface area contributed by atoms with E-state index in [0.717, 1.165) is 19.5 Å². The van der Waals surface area contributed by atoms with Gasteiger partial charge in [0.1, 0.15) is 0 Å². The Kier molecular flexibility index (Phi) is 5.60. The highest BCUT2D eigenvalue weighted by Crippen LogP contribution is 2.20. The molecule has 1 atom stereocenters. The molecule has 110 valence electrons. The molecule has 1 aromatic carbocycles. The van der Waals surface area contributed by atoms with Crippen molar-refractivity contribution in [2.24, 2.45) is 5.92 Å². The highest BCUT2D eigenvalue weighted by atomic mass is 16.2. The minimum absolute atomic E-state index is 0.165. The summed E-state index contributed by atoms with van der Waals surface area (Å²) >= 11 is 0. The number of carbonyl (C=O) groups excluding carboxylic acids is 1. The molecule has 1 saturated heterocycles. The van der Waals surface area contributed by atoms with Crippen molar-refractivity contribution in [2.45, 2.75) is 39.2 Å². The number of hydrogen-bond donors (Lipinski definition) is 1. The van der Waals surface area contributed by atoms with Crippen molar-refractivity contribution in [3.63, 3.8) is 0 Å². The number of nitrogens with zero attached hydrogens (tertiary/aromatic N) is 1. The lowest BCUT2D eigenvalue weighted by molar-refractivity contribution is -0.122. The molecule has 2 rings (SSSR count). The number of carbonyl (C=O) groups is 1. The fourth-order valence-corrected chi connectivity index (χ4v) is 2.78. The third kappa shape index (κ3) is 4.64. The van der Waals surface area contributed by atoms with Gasteiger partial charge in [-0.3, -0.25) is 9.69 Å². The van der Waals surface area contributed by atoms with Crippen LogP contribution in [-0.4, -0.2) is 36.5 Å². The summed E-state index contributed by atoms with van der Waals surface area (Å²) in [6, 6.07) is 11.1. The van der Waals surface area contributed by atoms with Gasteiger partial charge in [-0.05, 0) is 37.3 Å². The topological polar surface area (TPSA) is 32.3 Å². The Morgan fingerprint density at radius 1 is 1.35 bits per heavy atom. The van der Waals surface area contributed by atoms with Crippen molar-refractivity contribution in [3.05, 3.63) is 35.9 Å². The van der Waals surface area contributed by atoms with Gasteiger partial charge in [-0.25, -0.2) is 0 Å². The van der Waals surface area contributed by atoms with E-state index in [-0.39, 0.29) is 5.91 Å². The Balaban J connectivity index is 1.83. The zero-order valence-electron chi connectivity index (χ0n) is 12.6. The standard InChI is InChI=1S/C17H26N2O/c1-14(2)12-18-17(20)13-19-10-6-9-16(19)11-15-7-4-3-5-8-15/h3-5,7-8,14,16H,6,9-13H2,1-2H3,(H,18,20). The van der Waals surface area contributed by atoms with Crippen LogP contribution in [0.1, 0.15) is 32.3 Å². The average molecular weight is 274 g/mol. The van der Waals surface area contributed by atoms with Crippen LogP contribution in [0, 0.1) is 5.92 Å². The Hall–Kier alpha value is -1.35. The lowest BCUT2D eigenvalue weighted by Crippen LogP contribution is -2.41. The molecule has 1 aromatic rings. The molecule has 1 heterocycles. The molecule has 1 amide bonds. The van der Waals surface area contributed by atoms with Crippen LogP contribution in [0.4, 0.5) is 0 Å². The van der Waals surface area contributed by atoms with Crippen LogP contribution < -0.4 is 5.32 Å². The van der Waals surface area contributed by atoms with Crippen molar-refractivity contribution in [1.29, 1.82) is 0 Å². The number of likely N-dealkylation sites (tertiary alicyclic amines) is 1. The Bertz CT molecular complexity index is 416. The normalized spacial score (nSPS) is 19.4. The maximum Gasteiger partial charge on any atom is 0.234 e. The van der Waals surface area contributed by atoms with E-state index in [1.807, 2.05) is 0 Å². The smallest absolute Gasteiger partial charge is 0.234 e. The largest absolute Gasteiger partial charge is 0.355 e. The van der Waals surface area contributed by atoms with Crippen LogP contribution in [0.2, 0.25) is 0 Å². The minimum Gasteiger partial charge on any atom is -0.355 e. The molecule has 1 unspecified atom stereocenters. The fraction of sp³-hybridized carbons (Fsp3) is 0.588. The molecule has 0 saturated carbocycles. The van der Waals surface area contributed by atoms with Crippen molar-refractivity contribution in [1.82, 2.24) is 10.2 Å². The quantitative estimate of drug-likeness (QED) is 0.864. The second kappa shape index (κ2) is 7.44. The van der Waals surface area contributed by atoms with Gasteiger partial charge in [0.2, 0.25) is 5.91 Å². The van der Waals surface area contributed by atoms with Crippen LogP contribution in [0.3, 0.4) is 0 Å². The van der Waals surface area contributed by atoms with Crippen LogP contribution in [-0.2, 0) is 11.2 Å². The molecule has 1 aliphatic heterocycles. The Morgan fingerprint density at radius 2 is 2.10 bits per heavy atom. The van der Waals surface area contributed by atoms with Gasteiger partial charge in [0, 0.05) is 12.6 Å². The molecule has 1 aliphatic rings. The summed E-state index contributed by atoms with van der Waals surface area (Å²) in [5, 5.41) is 3.01. The van der Waals surface area contributed by atoms with Crippen LogP contribution in [0.25, 0.3) is 0 Å². The Labute approximate surface area is 122 Å². The van der Waals surface area contributed by atoms with Gasteiger partial charge in [0.25, 0.3) is 0 Å². The molecule has 1 N–H and O–H groups in total. The van der Waals surface area contributed by atoms with Crippen LogP contribution in [0.5, 0.6) is 0 Å². The molecule has 3 nitrogen and oxygen atoms in total. The number of hydrogen-bond acceptors (Lipinski definition) is 2. The summed E-state index contributed by atoms with van der Waals surface area (Å²) in [5.41, 5.74) is 1.37. The summed E-state index contributed by atoms with van der Waals surface area (Å²) in [6.45, 7) is 6.61. The third-order valence-electron chi connectivity index (χ3n) is 3.87. The summed E-state index contributed by atoms with van der Waals surface area (Å²) in [4.78, 5) is 14.3. The first kappa shape index (κ1) is 15.0. The van der Waals surface area contributed by atoms with E-state index >= 15 is 0 Å². The maximum atomic E-state index is 11.9. The van der Waals surface area contributed by atoms with Crippen LogP contribution in [0.15, 0.2) is 30.3 Å². The molecule has 0 aromatic heterocycles. The van der Waals surface area contributed by atoms with Gasteiger partial charge in [-0.2, -0.15) is 0 Å². The molecule has 0 radical (unpaired) electrons. The van der Waals surface area contributed by atoms with Crippen molar-refractivity contribution < 1.29 is 4.79 Å². The van der Waals surface area contributed by atoms with Gasteiger partial charge in [-0.15, -0.1) is 0 Å². The van der Waals surface area contributed by atoms with Gasteiger partial charge >= 0.3 is 0 Å². The molecule has 1 fully saturated rings. The minimum atomic E-state index is 0.165. The van der Waals surface area contributed by atoms with E-state index in [1.54, 1.807) is 0 Å². The molecule has 3 heteroatoms. The zero-order chi connectivity index (χ0) is 14.4. The van der Waals surface area contributed by atoms with Gasteiger partial charge in [0.05, 0.1) is 6.54 Å². The Morgan fingerprint density at radius 3 is 2.80 bits per heavy atom. The fourth-order valence-electron chi connectivity index (χ4n) is 2.78. The van der Waals surface area contributed by atoms with E-state index in [0.29, 0.717) is 18.5 Å². The SMILES string of the molecule is CC(C)CNC(=O)CN1CCCC1Cc1ccccc1. The molecule has 0 bridgehead atoms. The summed E-state index contributed by atoms with van der Waals surface area (Å²) in [6.07, 6.45) is 3.46. The first-order valence-electron chi connectivity index (χ1n) is 7.70. The predicted octanol–water partition coefficient (Wildman–Crippen LogP) is 2.47. The molecule has 0 aliphatic carbocycles. The van der Waals surface area contributed by atoms with Gasteiger partial charge in [-0.1, -0.05) is 44.2 Å². The molecular weight excluding hydrogens is 248 g/mol. The highest BCUT2D eigenvalue weighted by molar-refractivity contribution is 5.78. The zero-order valence-corrected chi connectivity index (χ0v) is 12.6. The van der Waals surface area contributed by atoms with Crippen molar-refractivity contribution >= 4 is 5.91 Å². The first-order valence-corrected chi connectivity index (χ1v) is 7.70. The number of amides is 1. The van der Waals surface area contributed by atoms with E-state index in [1.165, 1.54) is 18.4 Å². The van der Waals surface area contributed by atoms with Crippen LogP contribution >= 0.6 is 0 Å². The molecular formula is C17H26N2O. The average Bonchev–Trinajstić information content (AvgIpc) is 2.85. The van der Waals surface area contributed by atoms with E-state index in [9.17, 15) is 4.79 Å². The summed E-state index contributed by atoms with van der Waals surface area (Å²) < 4.78 is 0. The van der Waals surface area contributed by atoms with E-state index in [4.69, 9.17) is 0 Å². The van der Waals surface area contributed by atoms with Crippen molar-refractivity contribution in [2.75, 3.05) is 19.6 Å². The molecule has 20 heavy (non-hydrogen) atoms. The first-order chi connectivity index (χ1) is 9.65. The van der Waals surface area contributed by atoms with Gasteiger partial charge < -0.3 is 5.32 Å². The van der Waals surface area contributed by atoms with Crippen molar-refractivity contribution in [3.8, 4) is 0 Å². The lowest BCUT2D eigenvalue weighted by atomic mass is 10.0. The predicted molar refractivity (Wildman–Crippen MR) is 82.6 cm³/mol. The number of rotatable bonds is 6. The highest BCUT2D eigenvalue weighted by Gasteiger charge is 2.26. The number of nitrogens with one attached hydrogen (secondary N) is 1. The summed E-state index contributed by atoms with van der Waals surface area (Å²) in [7, 11) is 0. The molecule has 0 spiro atoms. The second-order valence-electron chi connectivity index (χ2n) is 6.15. The lowest BCUT2D eigenvalue weighted by Gasteiger charge is -2.24. The van der Waals surface area contributed by atoms with Gasteiger partial charge in [0.15, 0.2) is 0 Å². The second-order valence-corrected chi connectivity index (χ2v) is 6.15. The number of benzene rings is 1. The maximum absolute atomic E-state index is 11.9. The third-order valence-corrected chi connectivity index (χ3v) is 3.87. The van der Waals surface area contributed by atoms with E-state index in [2.05, 4.69) is 54.4 Å².